The Morgan fingerprint density at radius 2 is 1.87 bits per heavy atom. The molecule has 0 radical (unpaired) electrons. The van der Waals surface area contributed by atoms with Crippen molar-refractivity contribution in [1.82, 2.24) is 4.90 Å². The minimum Gasteiger partial charge on any atom is -0.478 e. The molecule has 0 saturated carbocycles. The van der Waals surface area contributed by atoms with Gasteiger partial charge in [0.15, 0.2) is 0 Å². The first-order valence-electron chi connectivity index (χ1n) is 4.34. The van der Waals surface area contributed by atoms with E-state index in [-0.39, 0.29) is 12.6 Å². The molecule has 6 nitrogen and oxygen atoms in total. The van der Waals surface area contributed by atoms with Gasteiger partial charge >= 0.3 is 5.97 Å². The van der Waals surface area contributed by atoms with E-state index in [1.54, 1.807) is 13.8 Å². The smallest absolute Gasteiger partial charge is 0.328 e. The maximum atomic E-state index is 11.4. The van der Waals surface area contributed by atoms with Crippen LogP contribution in [0.3, 0.4) is 0 Å². The third-order valence-electron chi connectivity index (χ3n) is 1.60. The third kappa shape index (κ3) is 5.45. The molecule has 0 aromatic carbocycles. The molecular weight excluding hydrogens is 200 g/mol. The van der Waals surface area contributed by atoms with Gasteiger partial charge in [-0.3, -0.25) is 9.59 Å². The highest BCUT2D eigenvalue weighted by molar-refractivity contribution is 5.95. The zero-order valence-electron chi connectivity index (χ0n) is 8.64. The Labute approximate surface area is 87.3 Å². The van der Waals surface area contributed by atoms with Gasteiger partial charge in [0.1, 0.15) is 0 Å². The fourth-order valence-electron chi connectivity index (χ4n) is 0.921. The molecule has 6 heteroatoms. The Hall–Kier alpha value is -1.85. The zero-order chi connectivity index (χ0) is 12.0. The molecule has 3 N–H and O–H groups in total. The summed E-state index contributed by atoms with van der Waals surface area (Å²) in [5.74, 6) is -2.40. The van der Waals surface area contributed by atoms with E-state index in [9.17, 15) is 14.4 Å². The second-order valence-electron chi connectivity index (χ2n) is 3.20. The van der Waals surface area contributed by atoms with Crippen molar-refractivity contribution in [3.05, 3.63) is 12.2 Å². The largest absolute Gasteiger partial charge is 0.478 e. The van der Waals surface area contributed by atoms with Crippen molar-refractivity contribution in [3.63, 3.8) is 0 Å². The van der Waals surface area contributed by atoms with Crippen LogP contribution in [0.25, 0.3) is 0 Å². The van der Waals surface area contributed by atoms with Gasteiger partial charge in [-0.05, 0) is 13.8 Å². The Morgan fingerprint density at radius 3 is 2.20 bits per heavy atom. The number of aliphatic carboxylic acids is 1. The Morgan fingerprint density at radius 1 is 1.33 bits per heavy atom. The molecule has 2 amide bonds. The van der Waals surface area contributed by atoms with Crippen molar-refractivity contribution in [3.8, 4) is 0 Å². The van der Waals surface area contributed by atoms with Gasteiger partial charge in [0.05, 0.1) is 6.54 Å². The number of carbonyl (C=O) groups is 3. The molecule has 0 heterocycles. The first-order chi connectivity index (χ1) is 6.84. The molecule has 0 saturated heterocycles. The molecule has 0 aromatic heterocycles. The number of hydrogen-bond donors (Lipinski definition) is 2. The fraction of sp³-hybridized carbons (Fsp3) is 0.444. The van der Waals surface area contributed by atoms with Crippen LogP contribution in [0, 0.1) is 0 Å². The fourth-order valence-corrected chi connectivity index (χ4v) is 0.921. The molecule has 0 rings (SSSR count). The highest BCUT2D eigenvalue weighted by Crippen LogP contribution is 1.99. The lowest BCUT2D eigenvalue weighted by atomic mass is 10.3. The number of carbonyl (C=O) groups excluding carboxylic acids is 2. The lowest BCUT2D eigenvalue weighted by Gasteiger charge is -2.23. The van der Waals surface area contributed by atoms with Crippen LogP contribution in [0.15, 0.2) is 12.2 Å². The Balaban J connectivity index is 4.56. The number of carboxylic acid groups (broad SMARTS) is 1. The quantitative estimate of drug-likeness (QED) is 0.594. The number of carboxylic acids is 1. The number of hydrogen-bond acceptors (Lipinski definition) is 3. The molecule has 0 atom stereocenters. The van der Waals surface area contributed by atoms with Crippen molar-refractivity contribution < 1.29 is 19.5 Å². The van der Waals surface area contributed by atoms with Crippen molar-refractivity contribution in [2.45, 2.75) is 19.9 Å². The molecular formula is C9H14N2O4. The van der Waals surface area contributed by atoms with Gasteiger partial charge in [-0.15, -0.1) is 0 Å². The summed E-state index contributed by atoms with van der Waals surface area (Å²) in [5.41, 5.74) is 4.95. The summed E-state index contributed by atoms with van der Waals surface area (Å²) >= 11 is 0. The summed E-state index contributed by atoms with van der Waals surface area (Å²) in [6.45, 7) is 3.19. The second-order valence-corrected chi connectivity index (χ2v) is 3.20. The summed E-state index contributed by atoms with van der Waals surface area (Å²) in [5, 5.41) is 8.32. The monoisotopic (exact) mass is 214 g/mol. The average Bonchev–Trinajstić information content (AvgIpc) is 2.09. The van der Waals surface area contributed by atoms with Crippen LogP contribution in [0.4, 0.5) is 0 Å². The number of nitrogens with zero attached hydrogens (tertiary/aromatic N) is 1. The van der Waals surface area contributed by atoms with Crippen LogP contribution in [0.2, 0.25) is 0 Å². The molecule has 0 spiro atoms. The first-order valence-corrected chi connectivity index (χ1v) is 4.34. The van der Waals surface area contributed by atoms with Crippen molar-refractivity contribution in [2.75, 3.05) is 6.54 Å². The zero-order valence-corrected chi connectivity index (χ0v) is 8.64. The van der Waals surface area contributed by atoms with Crippen LogP contribution in [-0.2, 0) is 14.4 Å². The van der Waals surface area contributed by atoms with Crippen LogP contribution in [-0.4, -0.2) is 40.4 Å². The van der Waals surface area contributed by atoms with E-state index in [1.165, 1.54) is 4.90 Å². The van der Waals surface area contributed by atoms with Crippen LogP contribution in [0.1, 0.15) is 13.8 Å². The first kappa shape index (κ1) is 13.2. The Kier molecular flexibility index (Phi) is 5.08. The molecule has 0 aromatic rings. The summed E-state index contributed by atoms with van der Waals surface area (Å²) in [6.07, 6.45) is 1.62. The summed E-state index contributed by atoms with van der Waals surface area (Å²) < 4.78 is 0. The van der Waals surface area contributed by atoms with Gasteiger partial charge in [0.25, 0.3) is 0 Å². The van der Waals surface area contributed by atoms with Gasteiger partial charge in [-0.2, -0.15) is 0 Å². The highest BCUT2D eigenvalue weighted by Gasteiger charge is 2.16. The van der Waals surface area contributed by atoms with E-state index in [1.807, 2.05) is 0 Å². The minimum atomic E-state index is -1.22. The highest BCUT2D eigenvalue weighted by atomic mass is 16.4. The van der Waals surface area contributed by atoms with Gasteiger partial charge in [0, 0.05) is 18.2 Å². The second kappa shape index (κ2) is 5.79. The maximum Gasteiger partial charge on any atom is 0.328 e. The number of amides is 2. The SMILES string of the molecule is CC(C)N(CC(N)=O)C(=O)/C=C/C(=O)O. The van der Waals surface area contributed by atoms with E-state index in [0.29, 0.717) is 0 Å². The molecule has 0 aliphatic heterocycles. The van der Waals surface area contributed by atoms with E-state index in [4.69, 9.17) is 10.8 Å². The van der Waals surface area contributed by atoms with Crippen molar-refractivity contribution in [1.29, 1.82) is 0 Å². The predicted octanol–water partition coefficient (Wildman–Crippen LogP) is -0.650. The third-order valence-corrected chi connectivity index (χ3v) is 1.60. The van der Waals surface area contributed by atoms with E-state index < -0.39 is 17.8 Å². The molecule has 0 unspecified atom stereocenters. The lowest BCUT2D eigenvalue weighted by Crippen LogP contribution is -2.42. The number of nitrogens with two attached hydrogens (primary N) is 1. The lowest BCUT2D eigenvalue weighted by molar-refractivity contribution is -0.134. The standard InChI is InChI=1S/C9H14N2O4/c1-6(2)11(5-7(10)12)8(13)3-4-9(14)15/h3-4,6H,5H2,1-2H3,(H2,10,12)(H,14,15)/b4-3+. The molecule has 15 heavy (non-hydrogen) atoms. The average molecular weight is 214 g/mol. The predicted molar refractivity (Wildman–Crippen MR) is 52.8 cm³/mol. The number of rotatable bonds is 5. The van der Waals surface area contributed by atoms with E-state index in [0.717, 1.165) is 12.2 Å². The molecule has 0 aliphatic rings. The summed E-state index contributed by atoms with van der Waals surface area (Å²) in [4.78, 5) is 33.4. The maximum absolute atomic E-state index is 11.4. The van der Waals surface area contributed by atoms with Crippen molar-refractivity contribution in [2.24, 2.45) is 5.73 Å². The van der Waals surface area contributed by atoms with Crippen LogP contribution in [0.5, 0.6) is 0 Å². The topological polar surface area (TPSA) is 101 Å². The number of primary amides is 1. The van der Waals surface area contributed by atoms with Crippen LogP contribution < -0.4 is 5.73 Å². The molecule has 84 valence electrons. The minimum absolute atomic E-state index is 0.219. The van der Waals surface area contributed by atoms with Gasteiger partial charge in [0.2, 0.25) is 11.8 Å². The molecule has 0 fully saturated rings. The van der Waals surface area contributed by atoms with E-state index in [2.05, 4.69) is 0 Å². The normalized spacial score (nSPS) is 10.6. The van der Waals surface area contributed by atoms with Gasteiger partial charge in [-0.1, -0.05) is 0 Å². The Bertz CT molecular complexity index is 296. The van der Waals surface area contributed by atoms with Crippen LogP contribution >= 0.6 is 0 Å². The summed E-state index contributed by atoms with van der Waals surface area (Å²) in [6, 6.07) is -0.219. The van der Waals surface area contributed by atoms with Gasteiger partial charge < -0.3 is 15.7 Å². The van der Waals surface area contributed by atoms with E-state index >= 15 is 0 Å². The molecule has 0 aliphatic carbocycles. The van der Waals surface area contributed by atoms with Gasteiger partial charge in [-0.25, -0.2) is 4.79 Å². The summed E-state index contributed by atoms with van der Waals surface area (Å²) in [7, 11) is 0. The van der Waals surface area contributed by atoms with Crippen molar-refractivity contribution >= 4 is 17.8 Å². The molecule has 0 bridgehead atoms.